The molecule has 3 rings (SSSR count). The third-order valence-corrected chi connectivity index (χ3v) is 4.12. The largest absolute Gasteiger partial charge is 0.497 e. The molecule has 110 valence electrons. The van der Waals surface area contributed by atoms with Gasteiger partial charge in [-0.15, -0.1) is 0 Å². The van der Waals surface area contributed by atoms with Crippen molar-refractivity contribution in [2.75, 3.05) is 7.11 Å². The molecule has 3 heteroatoms. The third-order valence-electron chi connectivity index (χ3n) is 4.12. The molecule has 0 spiro atoms. The van der Waals surface area contributed by atoms with Crippen LogP contribution in [0, 0.1) is 0 Å². The molecule has 0 amide bonds. The highest BCUT2D eigenvalue weighted by atomic mass is 16.5. The first kappa shape index (κ1) is 14.0. The maximum absolute atomic E-state index is 6.30. The Labute approximate surface area is 125 Å². The SMILES string of the molecule is CCc1ccc(C2C[C@H](N)c3ccc(OC)cc3O2)cc1. The normalized spacial score (nSPS) is 20.5. The zero-order valence-electron chi connectivity index (χ0n) is 12.5. The molecule has 0 bridgehead atoms. The van der Waals surface area contributed by atoms with Crippen LogP contribution in [0.3, 0.4) is 0 Å². The van der Waals surface area contributed by atoms with Crippen molar-refractivity contribution in [2.24, 2.45) is 5.73 Å². The second-order valence-corrected chi connectivity index (χ2v) is 5.45. The van der Waals surface area contributed by atoms with E-state index in [0.717, 1.165) is 29.9 Å². The maximum atomic E-state index is 6.30. The first-order chi connectivity index (χ1) is 10.2. The number of methoxy groups -OCH3 is 1. The van der Waals surface area contributed by atoms with Gasteiger partial charge < -0.3 is 15.2 Å². The van der Waals surface area contributed by atoms with Gasteiger partial charge in [-0.3, -0.25) is 0 Å². The Kier molecular flexibility index (Phi) is 3.84. The number of benzene rings is 2. The number of fused-ring (bicyclic) bond motifs is 1. The highest BCUT2D eigenvalue weighted by Gasteiger charge is 2.27. The van der Waals surface area contributed by atoms with E-state index in [1.54, 1.807) is 7.11 Å². The molecule has 2 N–H and O–H groups in total. The van der Waals surface area contributed by atoms with E-state index in [-0.39, 0.29) is 12.1 Å². The second kappa shape index (κ2) is 5.78. The minimum atomic E-state index is -0.00416. The molecule has 2 aromatic carbocycles. The van der Waals surface area contributed by atoms with Crippen LogP contribution >= 0.6 is 0 Å². The molecule has 0 radical (unpaired) electrons. The molecule has 21 heavy (non-hydrogen) atoms. The molecule has 0 saturated heterocycles. The van der Waals surface area contributed by atoms with Crippen LogP contribution in [0.2, 0.25) is 0 Å². The lowest BCUT2D eigenvalue weighted by atomic mass is 9.93. The first-order valence-corrected chi connectivity index (χ1v) is 7.40. The molecule has 2 aromatic rings. The number of ether oxygens (including phenoxy) is 2. The van der Waals surface area contributed by atoms with Crippen LogP contribution in [0.25, 0.3) is 0 Å². The highest BCUT2D eigenvalue weighted by molar-refractivity contribution is 5.44. The van der Waals surface area contributed by atoms with E-state index in [0.29, 0.717) is 0 Å². The minimum Gasteiger partial charge on any atom is -0.497 e. The summed E-state index contributed by atoms with van der Waals surface area (Å²) in [6, 6.07) is 14.4. The van der Waals surface area contributed by atoms with Crippen molar-refractivity contribution in [3.8, 4) is 11.5 Å². The van der Waals surface area contributed by atoms with Crippen molar-refractivity contribution in [3.63, 3.8) is 0 Å². The monoisotopic (exact) mass is 283 g/mol. The van der Waals surface area contributed by atoms with Crippen LogP contribution in [0.1, 0.15) is 42.2 Å². The summed E-state index contributed by atoms with van der Waals surface area (Å²) in [5, 5.41) is 0. The molecule has 1 unspecified atom stereocenters. The average Bonchev–Trinajstić information content (AvgIpc) is 2.54. The van der Waals surface area contributed by atoms with Gasteiger partial charge in [0.2, 0.25) is 0 Å². The zero-order valence-corrected chi connectivity index (χ0v) is 12.5. The van der Waals surface area contributed by atoms with Crippen LogP contribution in [-0.4, -0.2) is 7.11 Å². The molecule has 2 atom stereocenters. The van der Waals surface area contributed by atoms with Crippen molar-refractivity contribution >= 4 is 0 Å². The summed E-state index contributed by atoms with van der Waals surface area (Å²) in [5.41, 5.74) is 9.87. The van der Waals surface area contributed by atoms with Crippen LogP contribution < -0.4 is 15.2 Å². The number of nitrogens with two attached hydrogens (primary N) is 1. The molecule has 1 aliphatic rings. The van der Waals surface area contributed by atoms with Gasteiger partial charge in [0, 0.05) is 24.1 Å². The van der Waals surface area contributed by atoms with Gasteiger partial charge in [-0.2, -0.15) is 0 Å². The van der Waals surface area contributed by atoms with Crippen molar-refractivity contribution in [3.05, 3.63) is 59.2 Å². The van der Waals surface area contributed by atoms with Gasteiger partial charge >= 0.3 is 0 Å². The summed E-state index contributed by atoms with van der Waals surface area (Å²) in [5.74, 6) is 1.63. The Bertz CT molecular complexity index is 622. The van der Waals surface area contributed by atoms with E-state index < -0.39 is 0 Å². The van der Waals surface area contributed by atoms with Crippen LogP contribution in [0.4, 0.5) is 0 Å². The van der Waals surface area contributed by atoms with Crippen molar-refractivity contribution in [1.29, 1.82) is 0 Å². The fraction of sp³-hybridized carbons (Fsp3) is 0.333. The molecule has 0 saturated carbocycles. The third kappa shape index (κ3) is 2.74. The molecule has 0 aliphatic carbocycles. The van der Waals surface area contributed by atoms with Gasteiger partial charge in [-0.05, 0) is 23.6 Å². The van der Waals surface area contributed by atoms with E-state index in [1.807, 2.05) is 18.2 Å². The van der Waals surface area contributed by atoms with Gasteiger partial charge in [0.15, 0.2) is 0 Å². The summed E-state index contributed by atoms with van der Waals surface area (Å²) in [6.07, 6.45) is 1.85. The van der Waals surface area contributed by atoms with E-state index >= 15 is 0 Å². The van der Waals surface area contributed by atoms with Crippen LogP contribution in [0.15, 0.2) is 42.5 Å². The lowest BCUT2D eigenvalue weighted by Gasteiger charge is -2.31. The Morgan fingerprint density at radius 3 is 2.62 bits per heavy atom. The Morgan fingerprint density at radius 2 is 1.95 bits per heavy atom. The fourth-order valence-corrected chi connectivity index (χ4v) is 2.78. The predicted octanol–water partition coefficient (Wildman–Crippen LogP) is 3.78. The average molecular weight is 283 g/mol. The van der Waals surface area contributed by atoms with Crippen LogP contribution in [-0.2, 0) is 6.42 Å². The summed E-state index contributed by atoms with van der Waals surface area (Å²) in [4.78, 5) is 0. The Balaban J connectivity index is 1.89. The fourth-order valence-electron chi connectivity index (χ4n) is 2.78. The molecule has 0 fully saturated rings. The van der Waals surface area contributed by atoms with Crippen LogP contribution in [0.5, 0.6) is 11.5 Å². The number of aryl methyl sites for hydroxylation is 1. The highest BCUT2D eigenvalue weighted by Crippen LogP contribution is 2.41. The summed E-state index contributed by atoms with van der Waals surface area (Å²) in [7, 11) is 1.66. The van der Waals surface area contributed by atoms with Gasteiger partial charge in [-0.25, -0.2) is 0 Å². The Hall–Kier alpha value is -2.00. The van der Waals surface area contributed by atoms with E-state index in [4.69, 9.17) is 15.2 Å². The summed E-state index contributed by atoms with van der Waals surface area (Å²) >= 11 is 0. The first-order valence-electron chi connectivity index (χ1n) is 7.40. The molecule has 1 heterocycles. The van der Waals surface area contributed by atoms with Crippen molar-refractivity contribution in [2.45, 2.75) is 31.9 Å². The van der Waals surface area contributed by atoms with Gasteiger partial charge in [0.05, 0.1) is 7.11 Å². The second-order valence-electron chi connectivity index (χ2n) is 5.45. The number of rotatable bonds is 3. The van der Waals surface area contributed by atoms with Gasteiger partial charge in [0.25, 0.3) is 0 Å². The van der Waals surface area contributed by atoms with E-state index in [2.05, 4.69) is 31.2 Å². The summed E-state index contributed by atoms with van der Waals surface area (Å²) < 4.78 is 11.4. The lowest BCUT2D eigenvalue weighted by molar-refractivity contribution is 0.161. The minimum absolute atomic E-state index is 0.00416. The van der Waals surface area contributed by atoms with Gasteiger partial charge in [0.1, 0.15) is 17.6 Å². The van der Waals surface area contributed by atoms with Crippen molar-refractivity contribution in [1.82, 2.24) is 0 Å². The van der Waals surface area contributed by atoms with E-state index in [9.17, 15) is 0 Å². The Morgan fingerprint density at radius 1 is 1.19 bits per heavy atom. The van der Waals surface area contributed by atoms with Gasteiger partial charge in [-0.1, -0.05) is 37.3 Å². The smallest absolute Gasteiger partial charge is 0.128 e. The molecular formula is C18H21NO2. The molecule has 0 aromatic heterocycles. The quantitative estimate of drug-likeness (QED) is 0.932. The predicted molar refractivity (Wildman–Crippen MR) is 83.7 cm³/mol. The number of hydrogen-bond acceptors (Lipinski definition) is 3. The lowest BCUT2D eigenvalue weighted by Crippen LogP contribution is -2.24. The molecular weight excluding hydrogens is 262 g/mol. The standard InChI is InChI=1S/C18H21NO2/c1-3-12-4-6-13(7-5-12)17-11-16(19)15-9-8-14(20-2)10-18(15)21-17/h4-10,16-17H,3,11,19H2,1-2H3/t16-,17?/m0/s1. The van der Waals surface area contributed by atoms with Crippen molar-refractivity contribution < 1.29 is 9.47 Å². The zero-order chi connectivity index (χ0) is 14.8. The topological polar surface area (TPSA) is 44.5 Å². The summed E-state index contributed by atoms with van der Waals surface area (Å²) in [6.45, 7) is 2.16. The maximum Gasteiger partial charge on any atom is 0.128 e. The molecule has 1 aliphatic heterocycles. The molecule has 3 nitrogen and oxygen atoms in total. The number of hydrogen-bond donors (Lipinski definition) is 1. The van der Waals surface area contributed by atoms with E-state index in [1.165, 1.54) is 11.1 Å².